The lowest BCUT2D eigenvalue weighted by molar-refractivity contribution is -0.313. The standard InChI is InChI=1S/C27H37NO5/c1-2-3-4-5-6-9-15-27(32)26(25(31)24(30)23(17-29)33-27)28-22-14-10-13-20-19-12-8-7-11-18(19)16-21(20)22/h7-8,10-14,23-26,28-32H,2-6,9,15-17H2,1H3/t23-,24-,25+,26-,27?/m1/s1. The molecule has 180 valence electrons. The maximum atomic E-state index is 11.5. The van der Waals surface area contributed by atoms with Gasteiger partial charge in [-0.05, 0) is 34.7 Å². The van der Waals surface area contributed by atoms with Crippen molar-refractivity contribution in [2.45, 2.75) is 88.4 Å². The minimum absolute atomic E-state index is 0.312. The van der Waals surface area contributed by atoms with E-state index in [1.165, 1.54) is 24.0 Å². The van der Waals surface area contributed by atoms with Gasteiger partial charge in [-0.2, -0.15) is 0 Å². The van der Waals surface area contributed by atoms with Gasteiger partial charge < -0.3 is 30.5 Å². The second-order valence-corrected chi connectivity index (χ2v) is 9.47. The Kier molecular flexibility index (Phi) is 7.72. The smallest absolute Gasteiger partial charge is 0.189 e. The van der Waals surface area contributed by atoms with Crippen LogP contribution < -0.4 is 5.32 Å². The first-order valence-electron chi connectivity index (χ1n) is 12.3. The lowest BCUT2D eigenvalue weighted by atomic mass is 9.86. The topological polar surface area (TPSA) is 102 Å². The van der Waals surface area contributed by atoms with E-state index >= 15 is 0 Å². The van der Waals surface area contributed by atoms with Crippen LogP contribution in [0.3, 0.4) is 0 Å². The number of nitrogens with one attached hydrogen (secondary N) is 1. The van der Waals surface area contributed by atoms with Gasteiger partial charge in [-0.15, -0.1) is 0 Å². The molecule has 1 heterocycles. The third-order valence-corrected chi connectivity index (χ3v) is 7.14. The Morgan fingerprint density at radius 1 is 0.939 bits per heavy atom. The summed E-state index contributed by atoms with van der Waals surface area (Å²) in [4.78, 5) is 0. The summed E-state index contributed by atoms with van der Waals surface area (Å²) in [5.74, 6) is -1.70. The van der Waals surface area contributed by atoms with Crippen molar-refractivity contribution in [3.8, 4) is 11.1 Å². The molecule has 1 aliphatic heterocycles. The average molecular weight is 456 g/mol. The Morgan fingerprint density at radius 2 is 1.67 bits per heavy atom. The quantitative estimate of drug-likeness (QED) is 0.300. The zero-order valence-corrected chi connectivity index (χ0v) is 19.4. The number of benzene rings is 2. The lowest BCUT2D eigenvalue weighted by Crippen LogP contribution is -2.67. The van der Waals surface area contributed by atoms with E-state index in [2.05, 4.69) is 30.4 Å². The van der Waals surface area contributed by atoms with Crippen molar-refractivity contribution >= 4 is 5.69 Å². The normalized spacial score (nSPS) is 28.4. The summed E-state index contributed by atoms with van der Waals surface area (Å²) in [6.45, 7) is 1.70. The third kappa shape index (κ3) is 4.96. The van der Waals surface area contributed by atoms with Crippen LogP contribution in [0.4, 0.5) is 5.69 Å². The van der Waals surface area contributed by atoms with Gasteiger partial charge in [0.2, 0.25) is 0 Å². The first-order valence-corrected chi connectivity index (χ1v) is 12.3. The molecular formula is C27H37NO5. The Hall–Kier alpha value is -1.96. The van der Waals surface area contributed by atoms with E-state index in [4.69, 9.17) is 4.74 Å². The van der Waals surface area contributed by atoms with Crippen LogP contribution in [-0.2, 0) is 11.2 Å². The van der Waals surface area contributed by atoms with E-state index in [0.29, 0.717) is 6.42 Å². The number of hydrogen-bond acceptors (Lipinski definition) is 6. The molecule has 1 saturated heterocycles. The fourth-order valence-corrected chi connectivity index (χ4v) is 5.27. The van der Waals surface area contributed by atoms with E-state index < -0.39 is 36.7 Å². The molecule has 0 spiro atoms. The number of ether oxygens (including phenoxy) is 1. The molecule has 0 aromatic heterocycles. The maximum absolute atomic E-state index is 11.5. The second kappa shape index (κ2) is 10.5. The fraction of sp³-hybridized carbons (Fsp3) is 0.556. The zero-order valence-electron chi connectivity index (χ0n) is 19.4. The molecule has 6 heteroatoms. The van der Waals surface area contributed by atoms with Crippen molar-refractivity contribution in [2.24, 2.45) is 0 Å². The Labute approximate surface area is 196 Å². The van der Waals surface area contributed by atoms with Crippen LogP contribution in [0, 0.1) is 0 Å². The molecule has 6 nitrogen and oxygen atoms in total. The van der Waals surface area contributed by atoms with E-state index in [1.807, 2.05) is 24.3 Å². The van der Waals surface area contributed by atoms with E-state index in [1.54, 1.807) is 0 Å². The highest BCUT2D eigenvalue weighted by molar-refractivity contribution is 5.82. The largest absolute Gasteiger partial charge is 0.394 e. The highest BCUT2D eigenvalue weighted by Gasteiger charge is 2.53. The summed E-state index contributed by atoms with van der Waals surface area (Å²) in [6, 6.07) is 13.3. The molecule has 5 N–H and O–H groups in total. The third-order valence-electron chi connectivity index (χ3n) is 7.14. The first-order chi connectivity index (χ1) is 16.0. The molecule has 2 aromatic rings. The molecule has 2 aromatic carbocycles. The minimum atomic E-state index is -1.70. The van der Waals surface area contributed by atoms with E-state index in [9.17, 15) is 20.4 Å². The SMILES string of the molecule is CCCCCCCCC1(O)O[C@H](CO)[C@@H](O)[C@H](O)[C@H]1Nc1cccc2c1Cc1ccccc1-2. The number of unbranched alkanes of at least 4 members (excludes halogenated alkanes) is 5. The Balaban J connectivity index is 1.55. The number of rotatable bonds is 10. The van der Waals surface area contributed by atoms with Gasteiger partial charge in [0.25, 0.3) is 0 Å². The van der Waals surface area contributed by atoms with Crippen LogP contribution in [0.1, 0.15) is 63.0 Å². The summed E-state index contributed by atoms with van der Waals surface area (Å²) in [5, 5.41) is 46.0. The van der Waals surface area contributed by atoms with Crippen LogP contribution in [0.2, 0.25) is 0 Å². The summed E-state index contributed by atoms with van der Waals surface area (Å²) in [5.41, 5.74) is 5.48. The van der Waals surface area contributed by atoms with Gasteiger partial charge in [-0.25, -0.2) is 0 Å². The van der Waals surface area contributed by atoms with Gasteiger partial charge in [-0.1, -0.05) is 75.4 Å². The Morgan fingerprint density at radius 3 is 2.45 bits per heavy atom. The molecule has 1 aliphatic carbocycles. The van der Waals surface area contributed by atoms with Crippen LogP contribution in [0.25, 0.3) is 11.1 Å². The van der Waals surface area contributed by atoms with Crippen LogP contribution in [0.15, 0.2) is 42.5 Å². The van der Waals surface area contributed by atoms with Crippen molar-refractivity contribution in [1.82, 2.24) is 0 Å². The predicted molar refractivity (Wildman–Crippen MR) is 129 cm³/mol. The van der Waals surface area contributed by atoms with Crippen LogP contribution >= 0.6 is 0 Å². The zero-order chi connectivity index (χ0) is 23.4. The first kappa shape index (κ1) is 24.2. The molecule has 0 radical (unpaired) electrons. The van der Waals surface area contributed by atoms with Gasteiger partial charge >= 0.3 is 0 Å². The number of aliphatic hydroxyl groups is 4. The molecular weight excluding hydrogens is 418 g/mol. The molecule has 2 aliphatic rings. The van der Waals surface area contributed by atoms with Gasteiger partial charge in [0.1, 0.15) is 24.4 Å². The predicted octanol–water partition coefficient (Wildman–Crippen LogP) is 3.59. The summed E-state index contributed by atoms with van der Waals surface area (Å²) < 4.78 is 5.83. The van der Waals surface area contributed by atoms with Crippen molar-refractivity contribution in [3.63, 3.8) is 0 Å². The number of fused-ring (bicyclic) bond motifs is 3. The van der Waals surface area contributed by atoms with Crippen molar-refractivity contribution < 1.29 is 25.2 Å². The average Bonchev–Trinajstić information content (AvgIpc) is 3.21. The van der Waals surface area contributed by atoms with Gasteiger partial charge in [0.05, 0.1) is 6.61 Å². The second-order valence-electron chi connectivity index (χ2n) is 9.47. The minimum Gasteiger partial charge on any atom is -0.394 e. The van der Waals surface area contributed by atoms with Crippen LogP contribution in [-0.4, -0.2) is 57.2 Å². The molecule has 0 bridgehead atoms. The van der Waals surface area contributed by atoms with E-state index in [-0.39, 0.29) is 0 Å². The molecule has 1 fully saturated rings. The van der Waals surface area contributed by atoms with Gasteiger partial charge in [-0.3, -0.25) is 0 Å². The van der Waals surface area contributed by atoms with Gasteiger partial charge in [0.15, 0.2) is 5.79 Å². The molecule has 4 rings (SSSR count). The molecule has 33 heavy (non-hydrogen) atoms. The molecule has 0 saturated carbocycles. The molecule has 1 unspecified atom stereocenters. The van der Waals surface area contributed by atoms with Crippen molar-refractivity contribution in [1.29, 1.82) is 0 Å². The summed E-state index contributed by atoms with van der Waals surface area (Å²) in [7, 11) is 0. The summed E-state index contributed by atoms with van der Waals surface area (Å²) >= 11 is 0. The highest BCUT2D eigenvalue weighted by Crippen LogP contribution is 2.42. The molecule has 5 atom stereocenters. The number of aliphatic hydroxyl groups excluding tert-OH is 3. The van der Waals surface area contributed by atoms with Crippen LogP contribution in [0.5, 0.6) is 0 Å². The maximum Gasteiger partial charge on any atom is 0.189 e. The summed E-state index contributed by atoms with van der Waals surface area (Å²) in [6.07, 6.45) is 3.75. The van der Waals surface area contributed by atoms with Crippen molar-refractivity contribution in [3.05, 3.63) is 53.6 Å². The van der Waals surface area contributed by atoms with E-state index in [0.717, 1.165) is 48.9 Å². The monoisotopic (exact) mass is 455 g/mol. The lowest BCUT2D eigenvalue weighted by Gasteiger charge is -2.48. The molecule has 0 amide bonds. The number of hydrogen-bond donors (Lipinski definition) is 5. The van der Waals surface area contributed by atoms with Crippen molar-refractivity contribution in [2.75, 3.05) is 11.9 Å². The number of anilines is 1. The highest BCUT2D eigenvalue weighted by atomic mass is 16.6. The van der Waals surface area contributed by atoms with Gasteiger partial charge in [0, 0.05) is 18.5 Å². The fourth-order valence-electron chi connectivity index (χ4n) is 5.27. The Bertz CT molecular complexity index is 934.